The predicted octanol–water partition coefficient (Wildman–Crippen LogP) is -0.229. The van der Waals surface area contributed by atoms with Crippen molar-refractivity contribution in [3.8, 4) is 18.2 Å². The van der Waals surface area contributed by atoms with Gasteiger partial charge in [0, 0.05) is 14.2 Å². The molecule has 0 aromatic carbocycles. The van der Waals surface area contributed by atoms with Crippen molar-refractivity contribution in [3.05, 3.63) is 0 Å². The topological polar surface area (TPSA) is 142 Å². The monoisotopic (exact) mass is 290 g/mol. The van der Waals surface area contributed by atoms with Crippen LogP contribution in [0.1, 0.15) is 13.8 Å². The number of nitrogens with two attached hydrogens (primary N) is 1. The van der Waals surface area contributed by atoms with E-state index in [1.807, 2.05) is 6.07 Å². The van der Waals surface area contributed by atoms with Gasteiger partial charge in [0.05, 0.1) is 18.2 Å². The molecule has 0 spiro atoms. The van der Waals surface area contributed by atoms with E-state index in [4.69, 9.17) is 19.9 Å². The number of carbonyl (C=O) groups excluding carboxylic acids is 1. The maximum Gasteiger partial charge on any atom is 0.250 e. The van der Waals surface area contributed by atoms with Crippen LogP contribution >= 0.6 is 0 Å². The van der Waals surface area contributed by atoms with E-state index >= 15 is 0 Å². The molecule has 1 aliphatic carbocycles. The van der Waals surface area contributed by atoms with Gasteiger partial charge in [0.2, 0.25) is 0 Å². The second kappa shape index (κ2) is 3.79. The van der Waals surface area contributed by atoms with Gasteiger partial charge in [0.15, 0.2) is 16.6 Å². The summed E-state index contributed by atoms with van der Waals surface area (Å²) >= 11 is 0. The molecular formula is C13H14N4O4. The molecule has 2 fully saturated rings. The fourth-order valence-electron chi connectivity index (χ4n) is 4.05. The normalized spacial score (nSPS) is 45.8. The Kier molecular flexibility index (Phi) is 2.77. The van der Waals surface area contributed by atoms with E-state index in [1.165, 1.54) is 28.1 Å². The quantitative estimate of drug-likeness (QED) is 0.702. The first kappa shape index (κ1) is 15.4. The zero-order valence-corrected chi connectivity index (χ0v) is 12.1. The fraction of sp³-hybridized carbons (Fsp3) is 0.692. The van der Waals surface area contributed by atoms with Crippen LogP contribution in [0.2, 0.25) is 0 Å². The Labute approximate surface area is 121 Å². The maximum absolute atomic E-state index is 12.4. The van der Waals surface area contributed by atoms with Gasteiger partial charge in [-0.3, -0.25) is 10.5 Å². The molecule has 1 aliphatic heterocycles. The van der Waals surface area contributed by atoms with Crippen LogP contribution in [0.25, 0.3) is 0 Å². The molecule has 110 valence electrons. The lowest BCUT2D eigenvalue weighted by Gasteiger charge is -2.37. The molecule has 1 saturated heterocycles. The van der Waals surface area contributed by atoms with E-state index in [0.717, 1.165) is 0 Å². The van der Waals surface area contributed by atoms with Crippen LogP contribution in [0.3, 0.4) is 0 Å². The third kappa shape index (κ3) is 0.994. The van der Waals surface area contributed by atoms with Gasteiger partial charge in [-0.2, -0.15) is 15.8 Å². The molecule has 0 bridgehead atoms. The number of nitrogens with zero attached hydrogens (tertiary/aromatic N) is 3. The van der Waals surface area contributed by atoms with Crippen molar-refractivity contribution >= 4 is 5.78 Å². The van der Waals surface area contributed by atoms with Gasteiger partial charge in [-0.1, -0.05) is 0 Å². The van der Waals surface area contributed by atoms with Gasteiger partial charge >= 0.3 is 0 Å². The predicted molar refractivity (Wildman–Crippen MR) is 65.2 cm³/mol. The second-order valence-electron chi connectivity index (χ2n) is 5.27. The highest BCUT2D eigenvalue weighted by molar-refractivity contribution is 5.95. The molecule has 1 heterocycles. The van der Waals surface area contributed by atoms with Crippen molar-refractivity contribution in [1.82, 2.24) is 0 Å². The Morgan fingerprint density at radius 1 is 1.14 bits per heavy atom. The van der Waals surface area contributed by atoms with Gasteiger partial charge in [-0.05, 0) is 13.8 Å². The van der Waals surface area contributed by atoms with Crippen LogP contribution in [0.5, 0.6) is 0 Å². The van der Waals surface area contributed by atoms with Crippen molar-refractivity contribution in [3.63, 3.8) is 0 Å². The Hall–Kier alpha value is -2.02. The van der Waals surface area contributed by atoms with Gasteiger partial charge in [-0.25, -0.2) is 0 Å². The molecule has 2 rings (SSSR count). The number of fused-ring (bicyclic) bond motifs is 1. The summed E-state index contributed by atoms with van der Waals surface area (Å²) in [5.74, 6) is -4.46. The Balaban J connectivity index is 2.97. The van der Waals surface area contributed by atoms with Crippen LogP contribution in [0.4, 0.5) is 0 Å². The maximum atomic E-state index is 12.4. The van der Waals surface area contributed by atoms with Crippen LogP contribution < -0.4 is 5.73 Å². The smallest absolute Gasteiger partial charge is 0.250 e. The van der Waals surface area contributed by atoms with Gasteiger partial charge in [-0.15, -0.1) is 0 Å². The van der Waals surface area contributed by atoms with Gasteiger partial charge < -0.3 is 14.2 Å². The molecule has 0 radical (unpaired) electrons. The zero-order chi connectivity index (χ0) is 16.3. The first-order valence-electron chi connectivity index (χ1n) is 6.05. The first-order valence-corrected chi connectivity index (χ1v) is 6.05. The molecule has 4 unspecified atom stereocenters. The molecule has 4 atom stereocenters. The average molecular weight is 290 g/mol. The number of Topliss-reactive ketones (excluding diaryl/α,β-unsaturated/α-hetero) is 1. The SMILES string of the molecule is COC1(C)OC(N)(OC)C2(C#N)C(C#N)(C#N)C12C(C)=O. The van der Waals surface area contributed by atoms with Crippen molar-refractivity contribution in [2.45, 2.75) is 25.5 Å². The summed E-state index contributed by atoms with van der Waals surface area (Å²) in [7, 11) is 2.41. The summed E-state index contributed by atoms with van der Waals surface area (Å²) < 4.78 is 15.8. The molecule has 21 heavy (non-hydrogen) atoms. The summed E-state index contributed by atoms with van der Waals surface area (Å²) in [5.41, 5.74) is 0.128. The number of methoxy groups -OCH3 is 2. The van der Waals surface area contributed by atoms with E-state index in [-0.39, 0.29) is 0 Å². The van der Waals surface area contributed by atoms with E-state index < -0.39 is 33.7 Å². The lowest BCUT2D eigenvalue weighted by atomic mass is 9.82. The van der Waals surface area contributed by atoms with Crippen molar-refractivity contribution in [2.24, 2.45) is 22.0 Å². The first-order chi connectivity index (χ1) is 9.70. The minimum atomic E-state index is -2.12. The van der Waals surface area contributed by atoms with E-state index in [1.54, 1.807) is 12.1 Å². The van der Waals surface area contributed by atoms with Crippen LogP contribution in [0.15, 0.2) is 0 Å². The standard InChI is InChI=1S/C13H14N4O4/c1-8(18)12-9(2,19-3)21-13(17,20-4)11(12,7-16)10(12,5-14)6-15/h17H2,1-4H3. The van der Waals surface area contributed by atoms with E-state index in [2.05, 4.69) is 0 Å². The number of ketones is 1. The Morgan fingerprint density at radius 3 is 1.95 bits per heavy atom. The third-order valence-electron chi connectivity index (χ3n) is 4.90. The number of hydrogen-bond acceptors (Lipinski definition) is 8. The zero-order valence-electron chi connectivity index (χ0n) is 12.1. The van der Waals surface area contributed by atoms with Crippen molar-refractivity contribution in [2.75, 3.05) is 14.2 Å². The average Bonchev–Trinajstić information content (AvgIpc) is 3.00. The fourth-order valence-corrected chi connectivity index (χ4v) is 4.05. The lowest BCUT2D eigenvalue weighted by molar-refractivity contribution is -0.335. The van der Waals surface area contributed by atoms with Crippen LogP contribution in [-0.4, -0.2) is 31.7 Å². The molecule has 2 N–H and O–H groups in total. The molecule has 2 aliphatic rings. The molecule has 0 aromatic heterocycles. The van der Waals surface area contributed by atoms with Crippen molar-refractivity contribution in [1.29, 1.82) is 15.8 Å². The second-order valence-corrected chi connectivity index (χ2v) is 5.27. The lowest BCUT2D eigenvalue weighted by Crippen LogP contribution is -2.55. The summed E-state index contributed by atoms with van der Waals surface area (Å²) in [4.78, 5) is 12.4. The number of nitriles is 3. The molecule has 8 heteroatoms. The van der Waals surface area contributed by atoms with E-state index in [0.29, 0.717) is 0 Å². The number of hydrogen-bond donors (Lipinski definition) is 1. The minimum Gasteiger partial charge on any atom is -0.352 e. The molecule has 1 saturated carbocycles. The highest BCUT2D eigenvalue weighted by atomic mass is 16.8. The Morgan fingerprint density at radius 2 is 1.67 bits per heavy atom. The summed E-state index contributed by atoms with van der Waals surface area (Å²) in [5, 5.41) is 28.7. The molecular weight excluding hydrogens is 276 g/mol. The number of ether oxygens (including phenoxy) is 3. The van der Waals surface area contributed by atoms with Crippen molar-refractivity contribution < 1.29 is 19.0 Å². The summed E-state index contributed by atoms with van der Waals surface area (Å²) in [6, 6.07) is 5.38. The number of carbonyl (C=O) groups is 1. The highest BCUT2D eigenvalue weighted by Gasteiger charge is 3.08. The summed E-state index contributed by atoms with van der Waals surface area (Å²) in [6.45, 7) is 2.54. The Bertz CT molecular complexity index is 645. The minimum absolute atomic E-state index is 0.596. The summed E-state index contributed by atoms with van der Waals surface area (Å²) in [6.07, 6.45) is 0. The van der Waals surface area contributed by atoms with Gasteiger partial charge in [0.1, 0.15) is 11.2 Å². The molecule has 0 aromatic rings. The highest BCUT2D eigenvalue weighted by Crippen LogP contribution is 2.89. The van der Waals surface area contributed by atoms with E-state index in [9.17, 15) is 20.6 Å². The number of rotatable bonds is 3. The van der Waals surface area contributed by atoms with Gasteiger partial charge in [0.25, 0.3) is 5.91 Å². The molecule has 8 nitrogen and oxygen atoms in total. The van der Waals surface area contributed by atoms with Crippen LogP contribution in [-0.2, 0) is 19.0 Å². The third-order valence-corrected chi connectivity index (χ3v) is 4.90. The largest absolute Gasteiger partial charge is 0.352 e. The molecule has 0 amide bonds. The van der Waals surface area contributed by atoms with Crippen LogP contribution in [0, 0.1) is 50.2 Å².